The van der Waals surface area contributed by atoms with Gasteiger partial charge in [-0.2, -0.15) is 5.48 Å². The van der Waals surface area contributed by atoms with Crippen LogP contribution in [0.3, 0.4) is 0 Å². The van der Waals surface area contributed by atoms with Crippen molar-refractivity contribution < 1.29 is 18.7 Å². The van der Waals surface area contributed by atoms with E-state index in [4.69, 9.17) is 18.7 Å². The average Bonchev–Trinajstić information content (AvgIpc) is 2.87. The summed E-state index contributed by atoms with van der Waals surface area (Å²) in [5.41, 5.74) is 3.67. The van der Waals surface area contributed by atoms with Crippen molar-refractivity contribution in [3.8, 4) is 5.75 Å². The molecule has 1 atom stereocenters. The number of methoxy groups -OCH3 is 2. The van der Waals surface area contributed by atoms with E-state index in [0.29, 0.717) is 13.2 Å². The molecule has 0 bridgehead atoms. The van der Waals surface area contributed by atoms with Crippen LogP contribution < -0.4 is 10.2 Å². The number of para-hydroxylation sites is 1. The van der Waals surface area contributed by atoms with Crippen molar-refractivity contribution in [2.75, 3.05) is 27.4 Å². The first kappa shape index (κ1) is 13.9. The Labute approximate surface area is 112 Å². The van der Waals surface area contributed by atoms with Crippen LogP contribution in [0.15, 0.2) is 28.7 Å². The van der Waals surface area contributed by atoms with Crippen LogP contribution in [0.2, 0.25) is 0 Å². The molecule has 1 aromatic heterocycles. The fourth-order valence-electron chi connectivity index (χ4n) is 1.80. The van der Waals surface area contributed by atoms with E-state index < -0.39 is 0 Å². The Bertz CT molecular complexity index is 523. The molecule has 1 unspecified atom stereocenters. The number of rotatable bonds is 7. The maximum atomic E-state index is 5.81. The third-order valence-electron chi connectivity index (χ3n) is 2.82. The fraction of sp³-hybridized carbons (Fsp3) is 0.429. The monoisotopic (exact) mass is 265 g/mol. The summed E-state index contributed by atoms with van der Waals surface area (Å²) in [5.74, 6) is 1.54. The second-order valence-corrected chi connectivity index (χ2v) is 4.21. The summed E-state index contributed by atoms with van der Waals surface area (Å²) in [6, 6.07) is 7.74. The van der Waals surface area contributed by atoms with Crippen LogP contribution in [0.1, 0.15) is 18.7 Å². The number of nitrogens with one attached hydrogen (secondary N) is 1. The van der Waals surface area contributed by atoms with Crippen LogP contribution in [0.5, 0.6) is 5.75 Å². The summed E-state index contributed by atoms with van der Waals surface area (Å²) in [4.78, 5) is 5.28. The Morgan fingerprint density at radius 3 is 2.84 bits per heavy atom. The fourth-order valence-corrected chi connectivity index (χ4v) is 1.80. The minimum absolute atomic E-state index is 0.0473. The molecule has 0 saturated carbocycles. The second kappa shape index (κ2) is 6.56. The van der Waals surface area contributed by atoms with E-state index in [0.717, 1.165) is 22.5 Å². The molecule has 0 aliphatic carbocycles. The molecule has 19 heavy (non-hydrogen) atoms. The molecule has 0 aliphatic rings. The van der Waals surface area contributed by atoms with Gasteiger partial charge in [0.2, 0.25) is 0 Å². The highest BCUT2D eigenvalue weighted by molar-refractivity contribution is 5.83. The van der Waals surface area contributed by atoms with Crippen LogP contribution in [0, 0.1) is 0 Å². The molecule has 0 saturated heterocycles. The molecule has 1 heterocycles. The normalized spacial score (nSPS) is 12.8. The van der Waals surface area contributed by atoms with Crippen molar-refractivity contribution in [2.45, 2.75) is 13.0 Å². The zero-order valence-corrected chi connectivity index (χ0v) is 11.4. The molecule has 5 heteroatoms. The first-order valence-corrected chi connectivity index (χ1v) is 6.19. The second-order valence-electron chi connectivity index (χ2n) is 4.21. The minimum Gasteiger partial charge on any atom is -0.493 e. The molecule has 1 aromatic carbocycles. The van der Waals surface area contributed by atoms with Gasteiger partial charge in [-0.1, -0.05) is 12.1 Å². The van der Waals surface area contributed by atoms with Crippen molar-refractivity contribution in [1.82, 2.24) is 5.48 Å². The highest BCUT2D eigenvalue weighted by atomic mass is 16.7. The zero-order valence-electron chi connectivity index (χ0n) is 11.4. The number of benzene rings is 1. The van der Waals surface area contributed by atoms with Gasteiger partial charge in [0.25, 0.3) is 0 Å². The number of hydrogen-bond acceptors (Lipinski definition) is 5. The average molecular weight is 265 g/mol. The maximum Gasteiger partial charge on any atom is 0.176 e. The van der Waals surface area contributed by atoms with Gasteiger partial charge in [0.1, 0.15) is 5.76 Å². The summed E-state index contributed by atoms with van der Waals surface area (Å²) in [5, 5.41) is 1.01. The summed E-state index contributed by atoms with van der Waals surface area (Å²) in [6.07, 6.45) is 0. The van der Waals surface area contributed by atoms with Crippen molar-refractivity contribution in [3.63, 3.8) is 0 Å². The standard InChI is InChI=1S/C14H19NO4/c1-10(15-18-8-7-16-2)13-9-11-5-4-6-12(17-3)14(11)19-13/h4-6,9-10,15H,7-8H2,1-3H3. The quantitative estimate of drug-likeness (QED) is 0.616. The number of ether oxygens (including phenoxy) is 2. The van der Waals surface area contributed by atoms with Gasteiger partial charge in [0, 0.05) is 12.5 Å². The third kappa shape index (κ3) is 3.26. The summed E-state index contributed by atoms with van der Waals surface area (Å²) in [6.45, 7) is 3.01. The Morgan fingerprint density at radius 1 is 1.26 bits per heavy atom. The van der Waals surface area contributed by atoms with E-state index in [1.54, 1.807) is 14.2 Å². The minimum atomic E-state index is -0.0473. The number of furan rings is 1. The molecule has 0 fully saturated rings. The van der Waals surface area contributed by atoms with Crippen molar-refractivity contribution in [2.24, 2.45) is 0 Å². The van der Waals surface area contributed by atoms with Crippen molar-refractivity contribution >= 4 is 11.0 Å². The predicted molar refractivity (Wildman–Crippen MR) is 72.1 cm³/mol. The smallest absolute Gasteiger partial charge is 0.176 e. The van der Waals surface area contributed by atoms with E-state index in [1.807, 2.05) is 31.2 Å². The predicted octanol–water partition coefficient (Wildman–Crippen LogP) is 2.67. The zero-order chi connectivity index (χ0) is 13.7. The number of hydroxylamine groups is 1. The van der Waals surface area contributed by atoms with E-state index in [9.17, 15) is 0 Å². The highest BCUT2D eigenvalue weighted by Crippen LogP contribution is 2.30. The Balaban J connectivity index is 2.08. The van der Waals surface area contributed by atoms with E-state index in [-0.39, 0.29) is 6.04 Å². The van der Waals surface area contributed by atoms with Crippen molar-refractivity contribution in [1.29, 1.82) is 0 Å². The summed E-state index contributed by atoms with van der Waals surface area (Å²) < 4.78 is 16.0. The van der Waals surface area contributed by atoms with Crippen LogP contribution in [-0.2, 0) is 9.57 Å². The largest absolute Gasteiger partial charge is 0.493 e. The summed E-state index contributed by atoms with van der Waals surface area (Å²) >= 11 is 0. The third-order valence-corrected chi connectivity index (χ3v) is 2.82. The molecule has 5 nitrogen and oxygen atoms in total. The van der Waals surface area contributed by atoms with Gasteiger partial charge in [-0.15, -0.1) is 0 Å². The molecular weight excluding hydrogens is 246 g/mol. The van der Waals surface area contributed by atoms with E-state index >= 15 is 0 Å². The molecule has 2 rings (SSSR count). The van der Waals surface area contributed by atoms with Crippen LogP contribution in [0.25, 0.3) is 11.0 Å². The molecule has 0 spiro atoms. The first-order valence-electron chi connectivity index (χ1n) is 6.19. The van der Waals surface area contributed by atoms with E-state index in [1.165, 1.54) is 0 Å². The Hall–Kier alpha value is -1.56. The highest BCUT2D eigenvalue weighted by Gasteiger charge is 2.13. The Kier molecular flexibility index (Phi) is 4.79. The molecule has 0 aliphatic heterocycles. The lowest BCUT2D eigenvalue weighted by Gasteiger charge is -2.10. The summed E-state index contributed by atoms with van der Waals surface area (Å²) in [7, 11) is 3.27. The molecule has 2 aromatic rings. The number of hydrogen-bond donors (Lipinski definition) is 1. The maximum absolute atomic E-state index is 5.81. The lowest BCUT2D eigenvalue weighted by atomic mass is 10.2. The molecule has 0 amide bonds. The van der Waals surface area contributed by atoms with Crippen LogP contribution in [-0.4, -0.2) is 27.4 Å². The lowest BCUT2D eigenvalue weighted by Crippen LogP contribution is -2.20. The lowest BCUT2D eigenvalue weighted by molar-refractivity contribution is -0.0124. The molecule has 104 valence electrons. The molecule has 1 N–H and O–H groups in total. The van der Waals surface area contributed by atoms with Gasteiger partial charge in [-0.25, -0.2) is 0 Å². The Morgan fingerprint density at radius 2 is 2.11 bits per heavy atom. The van der Waals surface area contributed by atoms with Crippen LogP contribution >= 0.6 is 0 Å². The van der Waals surface area contributed by atoms with Gasteiger partial charge in [-0.3, -0.25) is 4.84 Å². The van der Waals surface area contributed by atoms with Gasteiger partial charge >= 0.3 is 0 Å². The van der Waals surface area contributed by atoms with Gasteiger partial charge in [0.15, 0.2) is 11.3 Å². The van der Waals surface area contributed by atoms with Gasteiger partial charge in [-0.05, 0) is 19.1 Å². The first-order chi connectivity index (χ1) is 9.26. The van der Waals surface area contributed by atoms with Gasteiger partial charge < -0.3 is 13.9 Å². The van der Waals surface area contributed by atoms with Gasteiger partial charge in [0.05, 0.1) is 26.4 Å². The molecular formula is C14H19NO4. The van der Waals surface area contributed by atoms with E-state index in [2.05, 4.69) is 5.48 Å². The topological polar surface area (TPSA) is 52.9 Å². The van der Waals surface area contributed by atoms with Crippen LogP contribution in [0.4, 0.5) is 0 Å². The number of fused-ring (bicyclic) bond motifs is 1. The molecule has 0 radical (unpaired) electrons. The van der Waals surface area contributed by atoms with Crippen molar-refractivity contribution in [3.05, 3.63) is 30.0 Å². The SMILES string of the molecule is COCCONC(C)c1cc2cccc(OC)c2o1.